The van der Waals surface area contributed by atoms with Gasteiger partial charge in [-0.05, 0) is 56.2 Å². The zero-order valence-electron chi connectivity index (χ0n) is 17.4. The normalized spacial score (nSPS) is 12.8. The molecule has 1 atom stereocenters. The van der Waals surface area contributed by atoms with Crippen molar-refractivity contribution in [2.24, 2.45) is 0 Å². The van der Waals surface area contributed by atoms with Gasteiger partial charge in [-0.25, -0.2) is 8.78 Å². The number of hydrogen-bond donors (Lipinski definition) is 1. The van der Waals surface area contributed by atoms with E-state index in [2.05, 4.69) is 5.32 Å². The molecule has 0 aliphatic heterocycles. The summed E-state index contributed by atoms with van der Waals surface area (Å²) in [5.74, 6) is -1.99. The van der Waals surface area contributed by atoms with Crippen LogP contribution in [0.25, 0.3) is 6.08 Å². The Morgan fingerprint density at radius 3 is 2.39 bits per heavy atom. The molecule has 0 aliphatic rings. The maximum Gasteiger partial charge on any atom is 0.416 e. The second-order valence-corrected chi connectivity index (χ2v) is 7.13. The third-order valence-corrected chi connectivity index (χ3v) is 4.67. The number of unbranched alkanes of at least 4 members (excludes halogenated alkanes) is 1. The van der Waals surface area contributed by atoms with Crippen LogP contribution >= 0.6 is 0 Å². The van der Waals surface area contributed by atoms with Crippen molar-refractivity contribution in [3.63, 3.8) is 0 Å². The van der Waals surface area contributed by atoms with Gasteiger partial charge in [0, 0.05) is 17.2 Å². The predicted octanol–water partition coefficient (Wildman–Crippen LogP) is 6.36. The van der Waals surface area contributed by atoms with Gasteiger partial charge in [-0.1, -0.05) is 19.4 Å². The molecule has 0 unspecified atom stereocenters. The molecule has 168 valence electrons. The first-order valence-electron chi connectivity index (χ1n) is 9.81. The molecule has 0 spiro atoms. The molecule has 0 aromatic heterocycles. The minimum atomic E-state index is -4.52. The van der Waals surface area contributed by atoms with E-state index >= 15 is 0 Å². The fraction of sp³-hybridized carbons (Fsp3) is 0.348. The SMILES string of the molecule is CCCCOc1cc(C(F)(F)F)ccc1/C=C/C(=O)N[C@H](C)c1cc(F)c(C)c(F)c1. The zero-order chi connectivity index (χ0) is 23.2. The van der Waals surface area contributed by atoms with Crippen molar-refractivity contribution < 1.29 is 31.5 Å². The number of nitrogens with one attached hydrogen (secondary N) is 1. The van der Waals surface area contributed by atoms with Crippen LogP contribution in [0.15, 0.2) is 36.4 Å². The van der Waals surface area contributed by atoms with E-state index < -0.39 is 35.3 Å². The average Bonchev–Trinajstić information content (AvgIpc) is 2.70. The van der Waals surface area contributed by atoms with Crippen LogP contribution in [0.3, 0.4) is 0 Å². The van der Waals surface area contributed by atoms with Crippen molar-refractivity contribution >= 4 is 12.0 Å². The molecular weight excluding hydrogens is 417 g/mol. The Bertz CT molecular complexity index is 930. The van der Waals surface area contributed by atoms with E-state index in [1.165, 1.54) is 19.1 Å². The number of carbonyl (C=O) groups excluding carboxylic acids is 1. The van der Waals surface area contributed by atoms with E-state index in [1.54, 1.807) is 6.92 Å². The molecule has 0 fully saturated rings. The molecule has 0 radical (unpaired) electrons. The molecule has 2 aromatic carbocycles. The van der Waals surface area contributed by atoms with Crippen molar-refractivity contribution in [1.29, 1.82) is 0 Å². The highest BCUT2D eigenvalue weighted by Gasteiger charge is 2.31. The van der Waals surface area contributed by atoms with Crippen LogP contribution in [0.2, 0.25) is 0 Å². The minimum absolute atomic E-state index is 0.0167. The topological polar surface area (TPSA) is 38.3 Å². The van der Waals surface area contributed by atoms with Crippen LogP contribution in [0.4, 0.5) is 22.0 Å². The molecule has 0 bridgehead atoms. The highest BCUT2D eigenvalue weighted by molar-refractivity contribution is 5.92. The molecule has 31 heavy (non-hydrogen) atoms. The third-order valence-electron chi connectivity index (χ3n) is 4.67. The third kappa shape index (κ3) is 6.80. The standard InChI is InChI=1S/C23H24F5NO2/c1-4-5-10-31-21-13-18(23(26,27)28)8-6-16(21)7-9-22(30)29-15(3)17-11-19(24)14(2)20(25)12-17/h6-9,11-13,15H,4-5,10H2,1-3H3,(H,29,30)/b9-7+/t15-/m1/s1. The smallest absolute Gasteiger partial charge is 0.416 e. The zero-order valence-corrected chi connectivity index (χ0v) is 17.4. The van der Waals surface area contributed by atoms with E-state index in [4.69, 9.17) is 4.74 Å². The minimum Gasteiger partial charge on any atom is -0.493 e. The number of hydrogen-bond acceptors (Lipinski definition) is 2. The lowest BCUT2D eigenvalue weighted by atomic mass is 10.1. The number of alkyl halides is 3. The van der Waals surface area contributed by atoms with Crippen molar-refractivity contribution in [3.05, 3.63) is 70.3 Å². The molecule has 0 saturated carbocycles. The Hall–Kier alpha value is -2.90. The van der Waals surface area contributed by atoms with Crippen LogP contribution in [-0.2, 0) is 11.0 Å². The van der Waals surface area contributed by atoms with Gasteiger partial charge in [0.05, 0.1) is 18.2 Å². The summed E-state index contributed by atoms with van der Waals surface area (Å²) in [6, 6.07) is 4.63. The summed E-state index contributed by atoms with van der Waals surface area (Å²) >= 11 is 0. The van der Waals surface area contributed by atoms with E-state index in [0.29, 0.717) is 12.0 Å². The molecular formula is C23H24F5NO2. The lowest BCUT2D eigenvalue weighted by Gasteiger charge is -2.15. The Kier molecular flexibility index (Phi) is 8.19. The summed E-state index contributed by atoms with van der Waals surface area (Å²) in [5.41, 5.74) is -0.405. The summed E-state index contributed by atoms with van der Waals surface area (Å²) in [6.07, 6.45) is -0.575. The number of amides is 1. The van der Waals surface area contributed by atoms with Gasteiger partial charge in [-0.3, -0.25) is 4.79 Å². The summed E-state index contributed by atoms with van der Waals surface area (Å²) in [5, 5.41) is 2.57. The molecule has 0 heterocycles. The van der Waals surface area contributed by atoms with Crippen LogP contribution in [0.1, 0.15) is 55.0 Å². The monoisotopic (exact) mass is 441 g/mol. The first-order valence-corrected chi connectivity index (χ1v) is 9.81. The Balaban J connectivity index is 2.16. The fourth-order valence-corrected chi connectivity index (χ4v) is 2.73. The summed E-state index contributed by atoms with van der Waals surface area (Å²) < 4.78 is 71.9. The van der Waals surface area contributed by atoms with Crippen LogP contribution in [0.5, 0.6) is 5.75 Å². The molecule has 2 rings (SSSR count). The van der Waals surface area contributed by atoms with Gasteiger partial charge in [0.2, 0.25) is 5.91 Å². The van der Waals surface area contributed by atoms with E-state index in [0.717, 1.165) is 36.8 Å². The molecule has 2 aromatic rings. The highest BCUT2D eigenvalue weighted by atomic mass is 19.4. The summed E-state index contributed by atoms with van der Waals surface area (Å²) in [6.45, 7) is 5.04. The first kappa shape index (κ1) is 24.4. The number of ether oxygens (including phenoxy) is 1. The van der Waals surface area contributed by atoms with Gasteiger partial charge in [-0.2, -0.15) is 13.2 Å². The van der Waals surface area contributed by atoms with Gasteiger partial charge < -0.3 is 10.1 Å². The van der Waals surface area contributed by atoms with Gasteiger partial charge in [0.15, 0.2) is 0 Å². The lowest BCUT2D eigenvalue weighted by Crippen LogP contribution is -2.25. The van der Waals surface area contributed by atoms with E-state index in [9.17, 15) is 26.7 Å². The van der Waals surface area contributed by atoms with Crippen molar-refractivity contribution in [2.75, 3.05) is 6.61 Å². The second kappa shape index (κ2) is 10.4. The van der Waals surface area contributed by atoms with Gasteiger partial charge in [0.25, 0.3) is 0 Å². The highest BCUT2D eigenvalue weighted by Crippen LogP contribution is 2.33. The predicted molar refractivity (Wildman–Crippen MR) is 109 cm³/mol. The van der Waals surface area contributed by atoms with Gasteiger partial charge in [-0.15, -0.1) is 0 Å². The Morgan fingerprint density at radius 1 is 1.16 bits per heavy atom. The van der Waals surface area contributed by atoms with E-state index in [1.807, 2.05) is 6.92 Å². The van der Waals surface area contributed by atoms with Crippen LogP contribution < -0.4 is 10.1 Å². The lowest BCUT2D eigenvalue weighted by molar-refractivity contribution is -0.137. The molecule has 0 saturated heterocycles. The number of benzene rings is 2. The summed E-state index contributed by atoms with van der Waals surface area (Å²) in [4.78, 5) is 12.2. The van der Waals surface area contributed by atoms with Crippen molar-refractivity contribution in [3.8, 4) is 5.75 Å². The maximum absolute atomic E-state index is 13.7. The van der Waals surface area contributed by atoms with Crippen LogP contribution in [-0.4, -0.2) is 12.5 Å². The Labute approximate surface area is 177 Å². The maximum atomic E-state index is 13.7. The Morgan fingerprint density at radius 2 is 1.81 bits per heavy atom. The molecule has 1 N–H and O–H groups in total. The molecule has 0 aliphatic carbocycles. The fourth-order valence-electron chi connectivity index (χ4n) is 2.73. The number of rotatable bonds is 8. The van der Waals surface area contributed by atoms with Crippen molar-refractivity contribution in [1.82, 2.24) is 5.32 Å². The molecule has 3 nitrogen and oxygen atoms in total. The second-order valence-electron chi connectivity index (χ2n) is 7.13. The van der Waals surface area contributed by atoms with Crippen LogP contribution in [0, 0.1) is 18.6 Å². The van der Waals surface area contributed by atoms with Gasteiger partial charge in [0.1, 0.15) is 17.4 Å². The largest absolute Gasteiger partial charge is 0.493 e. The summed E-state index contributed by atoms with van der Waals surface area (Å²) in [7, 11) is 0. The molecule has 8 heteroatoms. The average molecular weight is 441 g/mol. The number of halogens is 5. The molecule has 1 amide bonds. The van der Waals surface area contributed by atoms with E-state index in [-0.39, 0.29) is 23.5 Å². The van der Waals surface area contributed by atoms with Crippen molar-refractivity contribution in [2.45, 2.75) is 45.8 Å². The van der Waals surface area contributed by atoms with Gasteiger partial charge >= 0.3 is 6.18 Å². The number of carbonyl (C=O) groups is 1. The first-order chi connectivity index (χ1) is 14.5. The quantitative estimate of drug-likeness (QED) is 0.294.